The molecule has 0 bridgehead atoms. The van der Waals surface area contributed by atoms with Crippen molar-refractivity contribution in [1.29, 1.82) is 0 Å². The van der Waals surface area contributed by atoms with Gasteiger partial charge in [-0.15, -0.1) is 0 Å². The highest BCUT2D eigenvalue weighted by Gasteiger charge is 2.55. The number of unbranched alkanes of at least 4 members (excludes halogenated alkanes) is 1. The fourth-order valence-corrected chi connectivity index (χ4v) is 4.56. The molecule has 2 aliphatic rings. The van der Waals surface area contributed by atoms with Crippen molar-refractivity contribution in [2.75, 3.05) is 26.2 Å². The minimum Gasteiger partial charge on any atom is -0.384 e. The highest BCUT2D eigenvalue weighted by molar-refractivity contribution is 5.24. The molecule has 128 valence electrons. The molecule has 1 saturated heterocycles. The number of piperidine rings is 1. The van der Waals surface area contributed by atoms with E-state index in [-0.39, 0.29) is 5.92 Å². The SMILES string of the molecule is CCCCC(C)C(O)(CN1CC2C(CN)C2C1)c1ccccc1. The zero-order valence-electron chi connectivity index (χ0n) is 14.6. The van der Waals surface area contributed by atoms with Crippen molar-refractivity contribution in [3.8, 4) is 0 Å². The molecule has 1 heterocycles. The number of likely N-dealkylation sites (tertiary alicyclic amines) is 1. The molecule has 2 fully saturated rings. The van der Waals surface area contributed by atoms with Gasteiger partial charge >= 0.3 is 0 Å². The number of nitrogens with two attached hydrogens (primary N) is 1. The third-order valence-corrected chi connectivity index (χ3v) is 6.26. The number of fused-ring (bicyclic) bond motifs is 1. The number of nitrogens with zero attached hydrogens (tertiary/aromatic N) is 1. The van der Waals surface area contributed by atoms with E-state index in [2.05, 4.69) is 30.9 Å². The van der Waals surface area contributed by atoms with Crippen LogP contribution in [0.25, 0.3) is 0 Å². The van der Waals surface area contributed by atoms with Crippen LogP contribution in [0.3, 0.4) is 0 Å². The summed E-state index contributed by atoms with van der Waals surface area (Å²) in [5.41, 5.74) is 6.15. The van der Waals surface area contributed by atoms with Gasteiger partial charge in [-0.1, -0.05) is 57.0 Å². The molecule has 4 atom stereocenters. The fourth-order valence-electron chi connectivity index (χ4n) is 4.56. The van der Waals surface area contributed by atoms with Crippen LogP contribution in [0.2, 0.25) is 0 Å². The van der Waals surface area contributed by atoms with Gasteiger partial charge in [0.15, 0.2) is 0 Å². The van der Waals surface area contributed by atoms with Gasteiger partial charge in [-0.2, -0.15) is 0 Å². The van der Waals surface area contributed by atoms with E-state index in [0.29, 0.717) is 0 Å². The largest absolute Gasteiger partial charge is 0.384 e. The number of aliphatic hydroxyl groups is 1. The highest BCUT2D eigenvalue weighted by atomic mass is 16.3. The third-order valence-electron chi connectivity index (χ3n) is 6.26. The molecule has 1 aliphatic heterocycles. The summed E-state index contributed by atoms with van der Waals surface area (Å²) in [4.78, 5) is 2.47. The Bertz CT molecular complexity index is 494. The van der Waals surface area contributed by atoms with Gasteiger partial charge in [-0.3, -0.25) is 4.90 Å². The van der Waals surface area contributed by atoms with Gasteiger partial charge in [0.2, 0.25) is 0 Å². The van der Waals surface area contributed by atoms with Crippen molar-refractivity contribution >= 4 is 0 Å². The van der Waals surface area contributed by atoms with Crippen LogP contribution in [0.1, 0.15) is 38.7 Å². The Hall–Kier alpha value is -0.900. The Kier molecular flexibility index (Phi) is 5.10. The Labute approximate surface area is 140 Å². The standard InChI is InChI=1S/C20H32N2O/c1-3-4-8-15(2)20(23,16-9-6-5-7-10-16)14-22-12-18-17(11-21)19(18)13-22/h5-7,9-10,15,17-19,23H,3-4,8,11-14,21H2,1-2H3. The van der Waals surface area contributed by atoms with Gasteiger partial charge in [-0.05, 0) is 42.2 Å². The first kappa shape index (κ1) is 16.9. The average Bonchev–Trinajstić information content (AvgIpc) is 3.06. The summed E-state index contributed by atoms with van der Waals surface area (Å²) in [5, 5.41) is 11.6. The summed E-state index contributed by atoms with van der Waals surface area (Å²) in [6.07, 6.45) is 3.44. The lowest BCUT2D eigenvalue weighted by Crippen LogP contribution is -2.45. The van der Waals surface area contributed by atoms with Crippen LogP contribution in [-0.2, 0) is 5.60 Å². The summed E-state index contributed by atoms with van der Waals surface area (Å²) >= 11 is 0. The third kappa shape index (κ3) is 3.33. The van der Waals surface area contributed by atoms with Gasteiger partial charge in [-0.25, -0.2) is 0 Å². The summed E-state index contributed by atoms with van der Waals surface area (Å²) in [7, 11) is 0. The summed E-state index contributed by atoms with van der Waals surface area (Å²) in [6, 6.07) is 10.3. The topological polar surface area (TPSA) is 49.5 Å². The Morgan fingerprint density at radius 2 is 1.91 bits per heavy atom. The first-order chi connectivity index (χ1) is 11.1. The zero-order valence-corrected chi connectivity index (χ0v) is 14.6. The molecule has 3 rings (SSSR count). The van der Waals surface area contributed by atoms with Crippen LogP contribution < -0.4 is 5.73 Å². The maximum atomic E-state index is 11.6. The van der Waals surface area contributed by atoms with Crippen LogP contribution >= 0.6 is 0 Å². The van der Waals surface area contributed by atoms with E-state index in [1.807, 2.05) is 18.2 Å². The minimum absolute atomic E-state index is 0.270. The first-order valence-corrected chi connectivity index (χ1v) is 9.30. The monoisotopic (exact) mass is 316 g/mol. The van der Waals surface area contributed by atoms with Gasteiger partial charge in [0.25, 0.3) is 0 Å². The molecular weight excluding hydrogens is 284 g/mol. The Morgan fingerprint density at radius 1 is 1.26 bits per heavy atom. The van der Waals surface area contributed by atoms with Gasteiger partial charge in [0.05, 0.1) is 0 Å². The van der Waals surface area contributed by atoms with Crippen LogP contribution in [0.4, 0.5) is 0 Å². The zero-order chi connectivity index (χ0) is 16.4. The molecule has 0 amide bonds. The molecule has 3 N–H and O–H groups in total. The number of rotatable bonds is 8. The van der Waals surface area contributed by atoms with E-state index < -0.39 is 5.60 Å². The predicted molar refractivity (Wildman–Crippen MR) is 95.0 cm³/mol. The lowest BCUT2D eigenvalue weighted by atomic mass is 9.79. The summed E-state index contributed by atoms with van der Waals surface area (Å²) in [6.45, 7) is 8.24. The second-order valence-corrected chi connectivity index (χ2v) is 7.75. The maximum Gasteiger partial charge on any atom is 0.105 e. The van der Waals surface area contributed by atoms with Crippen molar-refractivity contribution < 1.29 is 5.11 Å². The lowest BCUT2D eigenvalue weighted by Gasteiger charge is -2.38. The Morgan fingerprint density at radius 3 is 2.48 bits per heavy atom. The summed E-state index contributed by atoms with van der Waals surface area (Å²) < 4.78 is 0. The molecule has 1 aromatic rings. The molecular formula is C20H32N2O. The number of hydrogen-bond donors (Lipinski definition) is 2. The van der Waals surface area contributed by atoms with E-state index in [9.17, 15) is 5.11 Å². The number of β-amino-alcohol motifs (C(OH)–C–C–N with tert-alkyl or cyclic N) is 1. The number of hydrogen-bond acceptors (Lipinski definition) is 3. The van der Waals surface area contributed by atoms with E-state index in [1.165, 1.54) is 12.8 Å². The maximum absolute atomic E-state index is 11.6. The molecule has 23 heavy (non-hydrogen) atoms. The quantitative estimate of drug-likeness (QED) is 0.775. The minimum atomic E-state index is -0.745. The highest BCUT2D eigenvalue weighted by Crippen LogP contribution is 2.51. The van der Waals surface area contributed by atoms with Crippen LogP contribution in [0, 0.1) is 23.7 Å². The average molecular weight is 316 g/mol. The molecule has 0 spiro atoms. The molecule has 1 saturated carbocycles. The first-order valence-electron chi connectivity index (χ1n) is 9.30. The van der Waals surface area contributed by atoms with Crippen molar-refractivity contribution in [3.63, 3.8) is 0 Å². The van der Waals surface area contributed by atoms with Crippen molar-refractivity contribution in [2.45, 2.75) is 38.7 Å². The van der Waals surface area contributed by atoms with E-state index >= 15 is 0 Å². The molecule has 3 heteroatoms. The Balaban J connectivity index is 1.71. The summed E-state index contributed by atoms with van der Waals surface area (Å²) in [5.74, 6) is 2.58. The normalized spacial score (nSPS) is 30.7. The second-order valence-electron chi connectivity index (χ2n) is 7.75. The second kappa shape index (κ2) is 6.92. The smallest absolute Gasteiger partial charge is 0.105 e. The predicted octanol–water partition coefficient (Wildman–Crippen LogP) is 2.84. The van der Waals surface area contributed by atoms with Crippen molar-refractivity contribution in [3.05, 3.63) is 35.9 Å². The lowest BCUT2D eigenvalue weighted by molar-refractivity contribution is -0.0479. The van der Waals surface area contributed by atoms with E-state index in [1.54, 1.807) is 0 Å². The van der Waals surface area contributed by atoms with E-state index in [4.69, 9.17) is 5.73 Å². The molecule has 3 nitrogen and oxygen atoms in total. The van der Waals surface area contributed by atoms with E-state index in [0.717, 1.165) is 55.9 Å². The van der Waals surface area contributed by atoms with Gasteiger partial charge in [0, 0.05) is 19.6 Å². The molecule has 1 aliphatic carbocycles. The molecule has 0 aromatic heterocycles. The van der Waals surface area contributed by atoms with Gasteiger partial charge < -0.3 is 10.8 Å². The number of benzene rings is 1. The van der Waals surface area contributed by atoms with Crippen LogP contribution in [-0.4, -0.2) is 36.2 Å². The van der Waals surface area contributed by atoms with Crippen LogP contribution in [0.15, 0.2) is 30.3 Å². The van der Waals surface area contributed by atoms with Crippen LogP contribution in [0.5, 0.6) is 0 Å². The van der Waals surface area contributed by atoms with Gasteiger partial charge in [0.1, 0.15) is 5.60 Å². The van der Waals surface area contributed by atoms with Crippen molar-refractivity contribution in [2.24, 2.45) is 29.4 Å². The molecule has 4 unspecified atom stereocenters. The van der Waals surface area contributed by atoms with Crippen molar-refractivity contribution in [1.82, 2.24) is 4.90 Å². The fraction of sp³-hybridized carbons (Fsp3) is 0.700. The molecule has 0 radical (unpaired) electrons. The molecule has 1 aromatic carbocycles.